The number of benzene rings is 8. The number of hydrogen-bond donors (Lipinski definition) is 0. The maximum absolute atomic E-state index is 6.58. The van der Waals surface area contributed by atoms with Crippen LogP contribution in [0.15, 0.2) is 199 Å². The van der Waals surface area contributed by atoms with Crippen LogP contribution in [0.4, 0.5) is 17.1 Å². The number of anilines is 3. The molecule has 2 aromatic heterocycles. The zero-order valence-corrected chi connectivity index (χ0v) is 29.2. The van der Waals surface area contributed by atoms with Gasteiger partial charge in [-0.1, -0.05) is 140 Å². The molecule has 254 valence electrons. The normalized spacial score (nSPS) is 11.3. The van der Waals surface area contributed by atoms with Crippen LogP contribution in [0.3, 0.4) is 0 Å². The number of nitrogens with zero attached hydrogens (tertiary/aromatic N) is 4. The van der Waals surface area contributed by atoms with Gasteiger partial charge in [0.05, 0.1) is 5.69 Å². The van der Waals surface area contributed by atoms with Gasteiger partial charge in [0.15, 0.2) is 17.5 Å². The minimum absolute atomic E-state index is 0.608. The number of hydrogen-bond acceptors (Lipinski definition) is 5. The molecule has 0 aliphatic rings. The Labute approximate surface area is 312 Å². The van der Waals surface area contributed by atoms with E-state index < -0.39 is 0 Å². The van der Waals surface area contributed by atoms with Crippen LogP contribution in [0.25, 0.3) is 78.0 Å². The molecule has 0 aliphatic heterocycles. The molecule has 0 bridgehead atoms. The van der Waals surface area contributed by atoms with Crippen molar-refractivity contribution >= 4 is 49.8 Å². The first-order chi connectivity index (χ1) is 26.7. The molecule has 5 heteroatoms. The van der Waals surface area contributed by atoms with Crippen LogP contribution < -0.4 is 4.90 Å². The van der Waals surface area contributed by atoms with E-state index in [1.807, 2.05) is 78.9 Å². The van der Waals surface area contributed by atoms with Gasteiger partial charge in [-0.15, -0.1) is 0 Å². The second-order valence-electron chi connectivity index (χ2n) is 13.3. The fourth-order valence-electron chi connectivity index (χ4n) is 7.25. The van der Waals surface area contributed by atoms with E-state index in [0.717, 1.165) is 55.7 Å². The average Bonchev–Trinajstić information content (AvgIpc) is 3.62. The molecule has 0 N–H and O–H groups in total. The van der Waals surface area contributed by atoms with Crippen LogP contribution >= 0.6 is 0 Å². The third kappa shape index (κ3) is 5.74. The van der Waals surface area contributed by atoms with Crippen LogP contribution in [0.5, 0.6) is 0 Å². The maximum Gasteiger partial charge on any atom is 0.164 e. The van der Waals surface area contributed by atoms with Gasteiger partial charge in [-0.3, -0.25) is 0 Å². The molecule has 5 nitrogen and oxygen atoms in total. The molecule has 8 aromatic carbocycles. The Bertz CT molecular complexity index is 2860. The molecule has 0 saturated carbocycles. The highest BCUT2D eigenvalue weighted by Gasteiger charge is 2.19. The Morgan fingerprint density at radius 3 is 1.56 bits per heavy atom. The van der Waals surface area contributed by atoms with Crippen molar-refractivity contribution in [3.8, 4) is 45.3 Å². The van der Waals surface area contributed by atoms with Gasteiger partial charge in [0.2, 0.25) is 0 Å². The Kier molecular flexibility index (Phi) is 7.73. The summed E-state index contributed by atoms with van der Waals surface area (Å²) < 4.78 is 6.58. The highest BCUT2D eigenvalue weighted by molar-refractivity contribution is 6.08. The third-order valence-electron chi connectivity index (χ3n) is 9.91. The Hall–Kier alpha value is -7.37. The van der Waals surface area contributed by atoms with Gasteiger partial charge >= 0.3 is 0 Å². The first-order valence-electron chi connectivity index (χ1n) is 18.0. The summed E-state index contributed by atoms with van der Waals surface area (Å²) in [4.78, 5) is 17.1. The van der Waals surface area contributed by atoms with Gasteiger partial charge in [-0.05, 0) is 65.0 Å². The molecule has 0 saturated heterocycles. The smallest absolute Gasteiger partial charge is 0.164 e. The minimum Gasteiger partial charge on any atom is -0.456 e. The van der Waals surface area contributed by atoms with Crippen LogP contribution in [-0.2, 0) is 0 Å². The van der Waals surface area contributed by atoms with Crippen LogP contribution in [0.1, 0.15) is 0 Å². The Balaban J connectivity index is 1.09. The molecule has 0 amide bonds. The van der Waals surface area contributed by atoms with Crippen molar-refractivity contribution in [3.63, 3.8) is 0 Å². The predicted octanol–water partition coefficient (Wildman–Crippen LogP) is 13.1. The summed E-state index contributed by atoms with van der Waals surface area (Å²) in [5.74, 6) is 1.87. The van der Waals surface area contributed by atoms with E-state index in [9.17, 15) is 0 Å². The second-order valence-corrected chi connectivity index (χ2v) is 13.3. The molecular formula is C49H32N4O. The summed E-state index contributed by atoms with van der Waals surface area (Å²) in [5, 5.41) is 4.38. The minimum atomic E-state index is 0.608. The van der Waals surface area contributed by atoms with E-state index >= 15 is 0 Å². The van der Waals surface area contributed by atoms with Crippen molar-refractivity contribution in [1.29, 1.82) is 0 Å². The second kappa shape index (κ2) is 13.3. The van der Waals surface area contributed by atoms with E-state index in [0.29, 0.717) is 17.5 Å². The maximum atomic E-state index is 6.58. The molecular weight excluding hydrogens is 661 g/mol. The lowest BCUT2D eigenvalue weighted by Crippen LogP contribution is -2.10. The zero-order valence-electron chi connectivity index (χ0n) is 29.2. The number of aromatic nitrogens is 3. The van der Waals surface area contributed by atoms with Crippen LogP contribution in [0, 0.1) is 0 Å². The lowest BCUT2D eigenvalue weighted by molar-refractivity contribution is 0.669. The molecule has 0 aliphatic carbocycles. The summed E-state index contributed by atoms with van der Waals surface area (Å²) in [6, 6.07) is 67.0. The van der Waals surface area contributed by atoms with Crippen molar-refractivity contribution in [2.75, 3.05) is 4.90 Å². The molecule has 0 unspecified atom stereocenters. The summed E-state index contributed by atoms with van der Waals surface area (Å²) >= 11 is 0. The van der Waals surface area contributed by atoms with Gasteiger partial charge in [0, 0.05) is 50.3 Å². The first kappa shape index (κ1) is 31.4. The van der Waals surface area contributed by atoms with Gasteiger partial charge in [-0.25, -0.2) is 15.0 Å². The Morgan fingerprint density at radius 1 is 0.333 bits per heavy atom. The molecule has 10 rings (SSSR count). The number of rotatable bonds is 7. The lowest BCUT2D eigenvalue weighted by atomic mass is 10.0. The van der Waals surface area contributed by atoms with E-state index in [1.54, 1.807) is 0 Å². The summed E-state index contributed by atoms with van der Waals surface area (Å²) in [7, 11) is 0. The fraction of sp³-hybridized carbons (Fsp3) is 0. The summed E-state index contributed by atoms with van der Waals surface area (Å²) in [6.07, 6.45) is 0. The molecule has 10 aromatic rings. The summed E-state index contributed by atoms with van der Waals surface area (Å²) in [6.45, 7) is 0. The topological polar surface area (TPSA) is 55.1 Å². The van der Waals surface area contributed by atoms with Gasteiger partial charge < -0.3 is 9.32 Å². The zero-order chi connectivity index (χ0) is 35.8. The molecule has 0 atom stereocenters. The lowest BCUT2D eigenvalue weighted by Gasteiger charge is -2.27. The van der Waals surface area contributed by atoms with Crippen molar-refractivity contribution in [2.24, 2.45) is 0 Å². The average molecular weight is 693 g/mol. The van der Waals surface area contributed by atoms with E-state index in [-0.39, 0.29) is 0 Å². The van der Waals surface area contributed by atoms with Crippen LogP contribution in [-0.4, -0.2) is 15.0 Å². The number of furan rings is 1. The highest BCUT2D eigenvalue weighted by atomic mass is 16.3. The quantitative estimate of drug-likeness (QED) is 0.166. The van der Waals surface area contributed by atoms with Crippen LogP contribution in [0.2, 0.25) is 0 Å². The molecule has 0 fully saturated rings. The molecule has 0 radical (unpaired) electrons. The van der Waals surface area contributed by atoms with Crippen molar-refractivity contribution in [3.05, 3.63) is 194 Å². The van der Waals surface area contributed by atoms with Crippen molar-refractivity contribution in [2.45, 2.75) is 0 Å². The molecule has 0 spiro atoms. The SMILES string of the molecule is c1ccc(-c2ccc(N(c3ccc4c(c3)oc3ccc(-c5nc(-c6ccccc6)nc(-c6ccccc6)n5)cc34)c3cccc4ccccc34)cc2)cc1. The summed E-state index contributed by atoms with van der Waals surface area (Å²) in [5.41, 5.74) is 9.88. The van der Waals surface area contributed by atoms with Crippen molar-refractivity contribution in [1.82, 2.24) is 15.0 Å². The third-order valence-corrected chi connectivity index (χ3v) is 9.91. The number of fused-ring (bicyclic) bond motifs is 4. The molecule has 2 heterocycles. The largest absolute Gasteiger partial charge is 0.456 e. The fourth-order valence-corrected chi connectivity index (χ4v) is 7.25. The van der Waals surface area contributed by atoms with E-state index in [2.05, 4.69) is 120 Å². The Morgan fingerprint density at radius 2 is 0.870 bits per heavy atom. The van der Waals surface area contributed by atoms with E-state index in [4.69, 9.17) is 19.4 Å². The predicted molar refractivity (Wildman–Crippen MR) is 221 cm³/mol. The van der Waals surface area contributed by atoms with Gasteiger partial charge in [0.1, 0.15) is 11.2 Å². The van der Waals surface area contributed by atoms with E-state index in [1.165, 1.54) is 21.9 Å². The first-order valence-corrected chi connectivity index (χ1v) is 18.0. The monoisotopic (exact) mass is 692 g/mol. The van der Waals surface area contributed by atoms with Gasteiger partial charge in [0.25, 0.3) is 0 Å². The van der Waals surface area contributed by atoms with Gasteiger partial charge in [-0.2, -0.15) is 0 Å². The molecule has 54 heavy (non-hydrogen) atoms. The standard InChI is InChI=1S/C49H32N4O/c1-4-13-33(14-5-1)34-23-26-39(27-24-34)53(44-22-12-20-35-15-10-11-21-41(35)44)40-28-29-42-43-31-38(25-30-45(43)54-46(42)32-40)49-51-47(36-16-6-2-7-17-36)50-48(52-49)37-18-8-3-9-19-37/h1-32H. The highest BCUT2D eigenvalue weighted by Crippen LogP contribution is 2.42. The van der Waals surface area contributed by atoms with Crippen molar-refractivity contribution < 1.29 is 4.42 Å².